The summed E-state index contributed by atoms with van der Waals surface area (Å²) in [6.45, 7) is 2.85. The Hall–Kier alpha value is -2.20. The topological polar surface area (TPSA) is 77.3 Å². The minimum atomic E-state index is -3.55. The maximum Gasteiger partial charge on any atom is 0.242 e. The third-order valence-corrected chi connectivity index (χ3v) is 8.06. The van der Waals surface area contributed by atoms with Gasteiger partial charge in [0.15, 0.2) is 11.0 Å². The van der Waals surface area contributed by atoms with E-state index in [4.69, 9.17) is 4.74 Å². The molecule has 7 nitrogen and oxygen atoms in total. The van der Waals surface area contributed by atoms with Gasteiger partial charge in [0.1, 0.15) is 0 Å². The van der Waals surface area contributed by atoms with Gasteiger partial charge in [-0.05, 0) is 49.6 Å². The van der Waals surface area contributed by atoms with Crippen molar-refractivity contribution >= 4 is 21.8 Å². The van der Waals surface area contributed by atoms with Crippen molar-refractivity contribution in [3.63, 3.8) is 0 Å². The fourth-order valence-electron chi connectivity index (χ4n) is 3.50. The molecular formula is C22H26N4O3S2. The molecule has 31 heavy (non-hydrogen) atoms. The summed E-state index contributed by atoms with van der Waals surface area (Å²) >= 11 is 1.61. The fourth-order valence-corrected chi connectivity index (χ4v) is 5.47. The lowest BCUT2D eigenvalue weighted by atomic mass is 10.2. The smallest absolute Gasteiger partial charge is 0.242 e. The van der Waals surface area contributed by atoms with Gasteiger partial charge in [0.2, 0.25) is 10.0 Å². The van der Waals surface area contributed by atoms with Gasteiger partial charge in [-0.25, -0.2) is 12.7 Å². The third kappa shape index (κ3) is 4.69. The van der Waals surface area contributed by atoms with Crippen LogP contribution in [-0.4, -0.2) is 60.0 Å². The van der Waals surface area contributed by atoms with Crippen LogP contribution in [0.15, 0.2) is 58.6 Å². The van der Waals surface area contributed by atoms with Gasteiger partial charge in [-0.1, -0.05) is 36.0 Å². The molecule has 164 valence electrons. The highest BCUT2D eigenvalue weighted by Gasteiger charge is 2.22. The van der Waals surface area contributed by atoms with Gasteiger partial charge < -0.3 is 4.74 Å². The zero-order chi connectivity index (χ0) is 22.0. The lowest BCUT2D eigenvalue weighted by Crippen LogP contribution is -2.22. The van der Waals surface area contributed by atoms with E-state index < -0.39 is 10.0 Å². The van der Waals surface area contributed by atoms with Crippen LogP contribution in [0.1, 0.15) is 18.4 Å². The van der Waals surface area contributed by atoms with E-state index in [0.717, 1.165) is 41.6 Å². The van der Waals surface area contributed by atoms with Gasteiger partial charge in [0, 0.05) is 37.7 Å². The molecule has 0 bridgehead atoms. The summed E-state index contributed by atoms with van der Waals surface area (Å²) in [5.74, 6) is 1.41. The first-order valence-electron chi connectivity index (χ1n) is 10.2. The summed E-state index contributed by atoms with van der Waals surface area (Å²) in [5.41, 5.74) is 2.76. The lowest BCUT2D eigenvalue weighted by molar-refractivity contribution is 0.129. The normalized spacial score (nSPS) is 16.8. The summed E-state index contributed by atoms with van der Waals surface area (Å²) in [5, 5.41) is 9.66. The maximum absolute atomic E-state index is 12.6. The predicted octanol–water partition coefficient (Wildman–Crippen LogP) is 3.76. The quantitative estimate of drug-likeness (QED) is 0.502. The van der Waals surface area contributed by atoms with Crippen molar-refractivity contribution in [3.05, 3.63) is 54.1 Å². The zero-order valence-electron chi connectivity index (χ0n) is 17.9. The van der Waals surface area contributed by atoms with Crippen molar-refractivity contribution in [1.82, 2.24) is 19.1 Å². The van der Waals surface area contributed by atoms with E-state index in [9.17, 15) is 8.42 Å². The van der Waals surface area contributed by atoms with Crippen LogP contribution in [0.3, 0.4) is 0 Å². The molecule has 2 aromatic carbocycles. The van der Waals surface area contributed by atoms with Crippen LogP contribution < -0.4 is 0 Å². The second-order valence-electron chi connectivity index (χ2n) is 7.74. The van der Waals surface area contributed by atoms with Crippen molar-refractivity contribution in [3.8, 4) is 17.1 Å². The van der Waals surface area contributed by atoms with E-state index in [2.05, 4.69) is 16.3 Å². The lowest BCUT2D eigenvalue weighted by Gasteiger charge is -2.14. The average molecular weight is 459 g/mol. The Morgan fingerprint density at radius 1 is 1.16 bits per heavy atom. The van der Waals surface area contributed by atoms with Gasteiger partial charge in [-0.3, -0.25) is 4.57 Å². The van der Waals surface area contributed by atoms with Crippen LogP contribution in [0.5, 0.6) is 0 Å². The van der Waals surface area contributed by atoms with Crippen molar-refractivity contribution in [1.29, 1.82) is 0 Å². The molecular weight excluding hydrogens is 432 g/mol. The molecule has 0 unspecified atom stereocenters. The van der Waals surface area contributed by atoms with E-state index in [1.54, 1.807) is 30.0 Å². The highest BCUT2D eigenvalue weighted by Crippen LogP contribution is 2.31. The van der Waals surface area contributed by atoms with E-state index in [1.165, 1.54) is 18.4 Å². The first-order valence-corrected chi connectivity index (χ1v) is 12.6. The first kappa shape index (κ1) is 22.0. The molecule has 9 heteroatoms. The number of nitrogens with zero attached hydrogens (tertiary/aromatic N) is 4. The highest BCUT2D eigenvalue weighted by molar-refractivity contribution is 7.99. The summed E-state index contributed by atoms with van der Waals surface area (Å²) in [6, 6.07) is 15.0. The molecule has 0 saturated carbocycles. The summed E-state index contributed by atoms with van der Waals surface area (Å²) in [4.78, 5) is 0.224. The number of aryl methyl sites for hydroxylation is 1. The first-order chi connectivity index (χ1) is 14.9. The average Bonchev–Trinajstić information content (AvgIpc) is 3.42. The number of aromatic nitrogens is 3. The third-order valence-electron chi connectivity index (χ3n) is 5.19. The molecule has 3 aromatic rings. The van der Waals surface area contributed by atoms with E-state index in [-0.39, 0.29) is 11.0 Å². The Morgan fingerprint density at radius 2 is 1.97 bits per heavy atom. The van der Waals surface area contributed by atoms with Crippen molar-refractivity contribution in [2.24, 2.45) is 0 Å². The van der Waals surface area contributed by atoms with Crippen LogP contribution >= 0.6 is 11.8 Å². The number of benzene rings is 2. The summed E-state index contributed by atoms with van der Waals surface area (Å²) in [7, 11) is -0.502. The number of rotatable bonds is 7. The van der Waals surface area contributed by atoms with Crippen LogP contribution in [0, 0.1) is 6.92 Å². The number of hydrogen-bond acceptors (Lipinski definition) is 6. The Kier molecular flexibility index (Phi) is 6.47. The number of hydrogen-bond donors (Lipinski definition) is 0. The van der Waals surface area contributed by atoms with Crippen LogP contribution in [-0.2, 0) is 14.8 Å². The van der Waals surface area contributed by atoms with Gasteiger partial charge in [-0.15, -0.1) is 10.2 Å². The van der Waals surface area contributed by atoms with Crippen LogP contribution in [0.4, 0.5) is 0 Å². The number of thioether (sulfide) groups is 1. The standard InChI is InChI=1S/C22H26N4O3S2/c1-16-7-4-9-18(13-16)26-21(23-24-22(26)30-15-19-10-6-12-29-19)17-8-5-11-20(14-17)31(27,28)25(2)3/h4-5,7-9,11,13-14,19H,6,10,12,15H2,1-3H3/t19-/m0/s1. The molecule has 0 amide bonds. The van der Waals surface area contributed by atoms with Gasteiger partial charge in [-0.2, -0.15) is 0 Å². The van der Waals surface area contributed by atoms with Crippen LogP contribution in [0.25, 0.3) is 17.1 Å². The highest BCUT2D eigenvalue weighted by atomic mass is 32.2. The molecule has 0 aliphatic carbocycles. The van der Waals surface area contributed by atoms with Gasteiger partial charge in [0.25, 0.3) is 0 Å². The van der Waals surface area contributed by atoms with Crippen molar-refractivity contribution in [2.75, 3.05) is 26.5 Å². The molecule has 1 aliphatic rings. The molecule has 1 aromatic heterocycles. The van der Waals surface area contributed by atoms with Crippen LogP contribution in [0.2, 0.25) is 0 Å². The molecule has 0 N–H and O–H groups in total. The SMILES string of the molecule is Cc1cccc(-n2c(SC[C@@H]3CCCO3)nnc2-c2cccc(S(=O)(=O)N(C)C)c2)c1. The number of ether oxygens (including phenoxy) is 1. The Labute approximate surface area is 187 Å². The van der Waals surface area contributed by atoms with Crippen molar-refractivity contribution < 1.29 is 13.2 Å². The summed E-state index contributed by atoms with van der Waals surface area (Å²) in [6.07, 6.45) is 2.38. The maximum atomic E-state index is 12.6. The second kappa shape index (κ2) is 9.12. The zero-order valence-corrected chi connectivity index (χ0v) is 19.5. The number of sulfonamides is 1. The Bertz CT molecular complexity index is 1170. The molecule has 4 rings (SSSR count). The largest absolute Gasteiger partial charge is 0.377 e. The summed E-state index contributed by atoms with van der Waals surface area (Å²) < 4.78 is 34.2. The van der Waals surface area contributed by atoms with Gasteiger partial charge in [0.05, 0.1) is 11.0 Å². The van der Waals surface area contributed by atoms with Crippen molar-refractivity contribution in [2.45, 2.75) is 35.9 Å². The van der Waals surface area contributed by atoms with E-state index >= 15 is 0 Å². The molecule has 0 radical (unpaired) electrons. The van der Waals surface area contributed by atoms with E-state index in [0.29, 0.717) is 11.4 Å². The second-order valence-corrected chi connectivity index (χ2v) is 10.9. The molecule has 2 heterocycles. The molecule has 1 atom stereocenters. The minimum absolute atomic E-state index is 0.224. The molecule has 0 spiro atoms. The van der Waals surface area contributed by atoms with Gasteiger partial charge >= 0.3 is 0 Å². The fraction of sp³-hybridized carbons (Fsp3) is 0.364. The predicted molar refractivity (Wildman–Crippen MR) is 122 cm³/mol. The Morgan fingerprint density at radius 3 is 2.68 bits per heavy atom. The minimum Gasteiger partial charge on any atom is -0.377 e. The molecule has 1 fully saturated rings. The Balaban J connectivity index is 1.77. The molecule has 1 aliphatic heterocycles. The van der Waals surface area contributed by atoms with E-state index in [1.807, 2.05) is 35.8 Å². The monoisotopic (exact) mass is 458 g/mol. The molecule has 1 saturated heterocycles.